The molecule has 1 atom stereocenters. The summed E-state index contributed by atoms with van der Waals surface area (Å²) >= 11 is 5.70. The van der Waals surface area contributed by atoms with E-state index >= 15 is 0 Å². The molecule has 0 aliphatic heterocycles. The predicted molar refractivity (Wildman–Crippen MR) is 66.4 cm³/mol. The molecule has 0 aromatic heterocycles. The van der Waals surface area contributed by atoms with Gasteiger partial charge >= 0.3 is 0 Å². The van der Waals surface area contributed by atoms with Crippen LogP contribution in [0.15, 0.2) is 23.1 Å². The predicted octanol–water partition coefficient (Wildman–Crippen LogP) is 2.21. The summed E-state index contributed by atoms with van der Waals surface area (Å²) in [5.41, 5.74) is 2.03. The number of benzene rings is 1. The number of halogens is 1. The summed E-state index contributed by atoms with van der Waals surface area (Å²) in [7, 11) is -3.43. The number of nitrogens with one attached hydrogen (secondary N) is 1. The Morgan fingerprint density at radius 3 is 2.44 bits per heavy atom. The number of aryl methyl sites for hydroxylation is 2. The van der Waals surface area contributed by atoms with Gasteiger partial charge in [0.15, 0.2) is 0 Å². The summed E-state index contributed by atoms with van der Waals surface area (Å²) in [6.07, 6.45) is 0. The van der Waals surface area contributed by atoms with Crippen molar-refractivity contribution in [3.63, 3.8) is 0 Å². The van der Waals surface area contributed by atoms with Crippen LogP contribution >= 0.6 is 11.6 Å². The monoisotopic (exact) mass is 261 g/mol. The van der Waals surface area contributed by atoms with Gasteiger partial charge < -0.3 is 0 Å². The molecule has 16 heavy (non-hydrogen) atoms. The van der Waals surface area contributed by atoms with Gasteiger partial charge in [-0.25, -0.2) is 13.1 Å². The van der Waals surface area contributed by atoms with Crippen LogP contribution in [0, 0.1) is 13.8 Å². The van der Waals surface area contributed by atoms with E-state index in [2.05, 4.69) is 4.72 Å². The Morgan fingerprint density at radius 1 is 1.31 bits per heavy atom. The van der Waals surface area contributed by atoms with Crippen molar-refractivity contribution in [2.75, 3.05) is 6.54 Å². The molecule has 0 radical (unpaired) electrons. The first-order chi connectivity index (χ1) is 7.33. The number of hydrogen-bond acceptors (Lipinski definition) is 2. The Morgan fingerprint density at radius 2 is 1.94 bits per heavy atom. The average molecular weight is 262 g/mol. The average Bonchev–Trinajstić information content (AvgIpc) is 2.19. The molecule has 5 heteroatoms. The lowest BCUT2D eigenvalue weighted by molar-refractivity contribution is 0.581. The van der Waals surface area contributed by atoms with Gasteiger partial charge in [-0.2, -0.15) is 0 Å². The van der Waals surface area contributed by atoms with E-state index in [0.717, 1.165) is 11.1 Å². The maximum atomic E-state index is 11.8. The zero-order valence-corrected chi connectivity index (χ0v) is 11.2. The van der Waals surface area contributed by atoms with E-state index in [4.69, 9.17) is 11.6 Å². The Hall–Kier alpha value is -0.580. The van der Waals surface area contributed by atoms with Gasteiger partial charge in [0.25, 0.3) is 0 Å². The number of alkyl halides is 1. The lowest BCUT2D eigenvalue weighted by Gasteiger charge is -2.09. The van der Waals surface area contributed by atoms with E-state index in [1.54, 1.807) is 25.1 Å². The van der Waals surface area contributed by atoms with E-state index < -0.39 is 10.0 Å². The van der Waals surface area contributed by atoms with Crippen LogP contribution < -0.4 is 4.72 Å². The molecule has 0 saturated heterocycles. The van der Waals surface area contributed by atoms with E-state index in [0.29, 0.717) is 0 Å². The molecule has 0 bridgehead atoms. The largest absolute Gasteiger partial charge is 0.240 e. The molecule has 0 amide bonds. The van der Waals surface area contributed by atoms with Gasteiger partial charge in [0.1, 0.15) is 0 Å². The molecule has 90 valence electrons. The normalized spacial score (nSPS) is 13.8. The molecule has 1 aromatic carbocycles. The Bertz CT molecular complexity index is 469. The second kappa shape index (κ2) is 5.17. The molecule has 0 aliphatic rings. The maximum absolute atomic E-state index is 11.8. The quantitative estimate of drug-likeness (QED) is 0.845. The number of sulfonamides is 1. The second-order valence-electron chi connectivity index (χ2n) is 3.88. The Labute approximate surface area is 102 Å². The van der Waals surface area contributed by atoms with Crippen molar-refractivity contribution in [1.82, 2.24) is 4.72 Å². The third-order valence-electron chi connectivity index (χ3n) is 2.34. The van der Waals surface area contributed by atoms with Gasteiger partial charge in [-0.15, -0.1) is 11.6 Å². The molecule has 0 fully saturated rings. The van der Waals surface area contributed by atoms with E-state index in [1.807, 2.05) is 13.8 Å². The van der Waals surface area contributed by atoms with Gasteiger partial charge in [-0.1, -0.05) is 6.07 Å². The zero-order valence-electron chi connectivity index (χ0n) is 9.62. The third kappa shape index (κ3) is 3.47. The Kier molecular flexibility index (Phi) is 4.35. The van der Waals surface area contributed by atoms with Gasteiger partial charge in [0, 0.05) is 11.9 Å². The first-order valence-electron chi connectivity index (χ1n) is 5.04. The van der Waals surface area contributed by atoms with Crippen molar-refractivity contribution < 1.29 is 8.42 Å². The highest BCUT2D eigenvalue weighted by Gasteiger charge is 2.14. The topological polar surface area (TPSA) is 46.2 Å². The van der Waals surface area contributed by atoms with Gasteiger partial charge in [-0.05, 0) is 44.0 Å². The number of hydrogen-bond donors (Lipinski definition) is 1. The highest BCUT2D eigenvalue weighted by molar-refractivity contribution is 7.89. The third-order valence-corrected chi connectivity index (χ3v) is 3.92. The van der Waals surface area contributed by atoms with E-state index in [1.165, 1.54) is 0 Å². The molecule has 3 nitrogen and oxygen atoms in total. The minimum atomic E-state index is -3.43. The molecular weight excluding hydrogens is 246 g/mol. The molecule has 0 spiro atoms. The van der Waals surface area contributed by atoms with Crippen LogP contribution in [0.25, 0.3) is 0 Å². The van der Waals surface area contributed by atoms with Crippen molar-refractivity contribution in [2.45, 2.75) is 31.0 Å². The lowest BCUT2D eigenvalue weighted by Crippen LogP contribution is -2.28. The summed E-state index contributed by atoms with van der Waals surface area (Å²) in [4.78, 5) is 0.285. The fraction of sp³-hybridized carbons (Fsp3) is 0.455. The van der Waals surface area contributed by atoms with Crippen LogP contribution in [0.4, 0.5) is 0 Å². The molecule has 1 aromatic rings. The smallest absolute Gasteiger partial charge is 0.210 e. The van der Waals surface area contributed by atoms with E-state index in [-0.39, 0.29) is 16.8 Å². The maximum Gasteiger partial charge on any atom is 0.240 e. The minimum absolute atomic E-state index is 0.221. The van der Waals surface area contributed by atoms with Gasteiger partial charge in [-0.3, -0.25) is 0 Å². The van der Waals surface area contributed by atoms with Gasteiger partial charge in [0.05, 0.1) is 4.90 Å². The zero-order chi connectivity index (χ0) is 12.3. The summed E-state index contributed by atoms with van der Waals surface area (Å²) in [5, 5.41) is -0.221. The molecular formula is C11H16ClNO2S. The molecule has 1 N–H and O–H groups in total. The highest BCUT2D eigenvalue weighted by atomic mass is 35.5. The first-order valence-corrected chi connectivity index (χ1v) is 6.96. The van der Waals surface area contributed by atoms with E-state index in [9.17, 15) is 8.42 Å². The fourth-order valence-electron chi connectivity index (χ4n) is 1.19. The SMILES string of the molecule is Cc1ccc(S(=O)(=O)NCC(C)Cl)cc1C. The molecule has 0 aliphatic carbocycles. The van der Waals surface area contributed by atoms with Crippen LogP contribution in [0.5, 0.6) is 0 Å². The van der Waals surface area contributed by atoms with Crippen molar-refractivity contribution in [2.24, 2.45) is 0 Å². The summed E-state index contributed by atoms with van der Waals surface area (Å²) in [6.45, 7) is 5.81. The molecule has 1 unspecified atom stereocenters. The second-order valence-corrected chi connectivity index (χ2v) is 6.39. The van der Waals surface area contributed by atoms with Crippen molar-refractivity contribution >= 4 is 21.6 Å². The first kappa shape index (κ1) is 13.5. The summed E-state index contributed by atoms with van der Waals surface area (Å²) < 4.78 is 26.1. The van der Waals surface area contributed by atoms with Gasteiger partial charge in [0.2, 0.25) is 10.0 Å². The van der Waals surface area contributed by atoms with Crippen LogP contribution in [-0.4, -0.2) is 20.3 Å². The van der Waals surface area contributed by atoms with Crippen LogP contribution in [0.3, 0.4) is 0 Å². The van der Waals surface area contributed by atoms with Crippen LogP contribution in [0.1, 0.15) is 18.1 Å². The fourth-order valence-corrected chi connectivity index (χ4v) is 2.57. The van der Waals surface area contributed by atoms with Crippen LogP contribution in [-0.2, 0) is 10.0 Å². The Balaban J connectivity index is 2.94. The van der Waals surface area contributed by atoms with Crippen molar-refractivity contribution in [3.05, 3.63) is 29.3 Å². The lowest BCUT2D eigenvalue weighted by atomic mass is 10.1. The van der Waals surface area contributed by atoms with Crippen molar-refractivity contribution in [3.8, 4) is 0 Å². The standard InChI is InChI=1S/C11H16ClNO2S/c1-8-4-5-11(6-9(8)2)16(14,15)13-7-10(3)12/h4-6,10,13H,7H2,1-3H3. The van der Waals surface area contributed by atoms with Crippen LogP contribution in [0.2, 0.25) is 0 Å². The molecule has 1 rings (SSSR count). The summed E-state index contributed by atoms with van der Waals surface area (Å²) in [5.74, 6) is 0. The number of rotatable bonds is 4. The summed E-state index contributed by atoms with van der Waals surface area (Å²) in [6, 6.07) is 5.06. The molecule has 0 heterocycles. The minimum Gasteiger partial charge on any atom is -0.210 e. The molecule has 0 saturated carbocycles. The van der Waals surface area contributed by atoms with Crippen molar-refractivity contribution in [1.29, 1.82) is 0 Å². The highest BCUT2D eigenvalue weighted by Crippen LogP contribution is 2.14.